The lowest BCUT2D eigenvalue weighted by molar-refractivity contribution is 0.480. The van der Waals surface area contributed by atoms with Gasteiger partial charge in [0.15, 0.2) is 0 Å². The second-order valence-corrected chi connectivity index (χ2v) is 6.59. The van der Waals surface area contributed by atoms with Gasteiger partial charge in [-0.05, 0) is 19.9 Å². The monoisotopic (exact) mass is 259 g/mol. The molecule has 0 aliphatic carbocycles. The Morgan fingerprint density at radius 3 is 2.41 bits per heavy atom. The van der Waals surface area contributed by atoms with Gasteiger partial charge in [0.1, 0.15) is 15.7 Å². The number of hydrogen-bond acceptors (Lipinski definition) is 3. The van der Waals surface area contributed by atoms with E-state index in [1.807, 2.05) is 6.92 Å². The van der Waals surface area contributed by atoms with Gasteiger partial charge in [-0.25, -0.2) is 12.8 Å². The number of rotatable bonds is 5. The van der Waals surface area contributed by atoms with Gasteiger partial charge < -0.3 is 5.32 Å². The maximum absolute atomic E-state index is 13.5. The molecule has 0 amide bonds. The van der Waals surface area contributed by atoms with Crippen molar-refractivity contribution in [3.8, 4) is 0 Å². The summed E-state index contributed by atoms with van der Waals surface area (Å²) in [6, 6.07) is 6.06. The van der Waals surface area contributed by atoms with Crippen molar-refractivity contribution < 1.29 is 12.8 Å². The zero-order valence-corrected chi connectivity index (χ0v) is 11.1. The molecule has 96 valence electrons. The third-order valence-electron chi connectivity index (χ3n) is 2.46. The fraction of sp³-hybridized carbons (Fsp3) is 0.500. The lowest BCUT2D eigenvalue weighted by atomic mass is 10.1. The van der Waals surface area contributed by atoms with Crippen LogP contribution in [0.1, 0.15) is 25.5 Å². The summed E-state index contributed by atoms with van der Waals surface area (Å²) in [5, 5.41) is 3.07. The highest BCUT2D eigenvalue weighted by Gasteiger charge is 2.15. The highest BCUT2D eigenvalue weighted by molar-refractivity contribution is 7.90. The summed E-state index contributed by atoms with van der Waals surface area (Å²) in [4.78, 5) is 0. The van der Waals surface area contributed by atoms with Gasteiger partial charge in [-0.15, -0.1) is 0 Å². The van der Waals surface area contributed by atoms with Gasteiger partial charge in [0.25, 0.3) is 0 Å². The Hall–Kier alpha value is -0.940. The lowest BCUT2D eigenvalue weighted by Gasteiger charge is -2.20. The fourth-order valence-corrected chi connectivity index (χ4v) is 2.85. The maximum Gasteiger partial charge on any atom is 0.148 e. The normalized spacial score (nSPS) is 15.5. The Kier molecular flexibility index (Phi) is 4.65. The van der Waals surface area contributed by atoms with Gasteiger partial charge in [-0.3, -0.25) is 0 Å². The first-order valence-electron chi connectivity index (χ1n) is 5.48. The van der Waals surface area contributed by atoms with E-state index in [9.17, 15) is 12.8 Å². The summed E-state index contributed by atoms with van der Waals surface area (Å²) < 4.78 is 35.7. The molecule has 0 saturated carbocycles. The van der Waals surface area contributed by atoms with Crippen molar-refractivity contribution in [3.63, 3.8) is 0 Å². The molecule has 0 heterocycles. The Morgan fingerprint density at radius 1 is 1.29 bits per heavy atom. The van der Waals surface area contributed by atoms with E-state index in [2.05, 4.69) is 5.32 Å². The van der Waals surface area contributed by atoms with E-state index in [-0.39, 0.29) is 23.7 Å². The van der Waals surface area contributed by atoms with Crippen LogP contribution in [0.15, 0.2) is 24.3 Å². The molecule has 0 aliphatic heterocycles. The largest absolute Gasteiger partial charge is 0.307 e. The molecule has 0 saturated heterocycles. The highest BCUT2D eigenvalue weighted by atomic mass is 32.2. The van der Waals surface area contributed by atoms with Crippen LogP contribution in [-0.2, 0) is 9.84 Å². The summed E-state index contributed by atoms with van der Waals surface area (Å²) in [6.07, 6.45) is 1.19. The van der Waals surface area contributed by atoms with Crippen molar-refractivity contribution in [1.29, 1.82) is 0 Å². The summed E-state index contributed by atoms with van der Waals surface area (Å²) in [6.45, 7) is 3.59. The summed E-state index contributed by atoms with van der Waals surface area (Å²) >= 11 is 0. The van der Waals surface area contributed by atoms with Crippen molar-refractivity contribution >= 4 is 9.84 Å². The van der Waals surface area contributed by atoms with Crippen molar-refractivity contribution in [3.05, 3.63) is 35.6 Å². The summed E-state index contributed by atoms with van der Waals surface area (Å²) in [5.41, 5.74) is 0.549. The second kappa shape index (κ2) is 5.60. The van der Waals surface area contributed by atoms with E-state index in [0.717, 1.165) is 0 Å². The van der Waals surface area contributed by atoms with Crippen LogP contribution in [0.4, 0.5) is 4.39 Å². The standard InChI is InChI=1S/C12H18FNO2S/c1-9(8-17(3,15)16)14-10(2)11-6-4-5-7-12(11)13/h4-7,9-10,14H,8H2,1-3H3. The maximum atomic E-state index is 13.5. The number of halogens is 1. The minimum absolute atomic E-state index is 0.0474. The predicted octanol–water partition coefficient (Wildman–Crippen LogP) is 1.91. The van der Waals surface area contributed by atoms with Crippen LogP contribution >= 0.6 is 0 Å². The molecule has 0 radical (unpaired) electrons. The minimum Gasteiger partial charge on any atom is -0.307 e. The number of sulfone groups is 1. The number of benzene rings is 1. The molecular formula is C12H18FNO2S. The van der Waals surface area contributed by atoms with Gasteiger partial charge >= 0.3 is 0 Å². The van der Waals surface area contributed by atoms with Gasteiger partial charge in [0, 0.05) is 23.9 Å². The van der Waals surface area contributed by atoms with Crippen LogP contribution in [0.25, 0.3) is 0 Å². The number of nitrogens with one attached hydrogen (secondary N) is 1. The highest BCUT2D eigenvalue weighted by Crippen LogP contribution is 2.16. The van der Waals surface area contributed by atoms with Crippen LogP contribution in [0, 0.1) is 5.82 Å². The molecule has 0 bridgehead atoms. The van der Waals surface area contributed by atoms with Gasteiger partial charge in [0.05, 0.1) is 5.75 Å². The van der Waals surface area contributed by atoms with E-state index < -0.39 is 9.84 Å². The van der Waals surface area contributed by atoms with E-state index in [1.165, 1.54) is 12.3 Å². The molecule has 0 spiro atoms. The molecule has 1 aromatic rings. The van der Waals surface area contributed by atoms with Gasteiger partial charge in [-0.1, -0.05) is 18.2 Å². The predicted molar refractivity (Wildman–Crippen MR) is 67.1 cm³/mol. The van der Waals surface area contributed by atoms with Crippen LogP contribution < -0.4 is 5.32 Å². The summed E-state index contributed by atoms with van der Waals surface area (Å²) in [5.74, 6) is -0.231. The molecule has 0 fully saturated rings. The zero-order chi connectivity index (χ0) is 13.1. The Labute approximate surface area is 102 Å². The van der Waals surface area contributed by atoms with Crippen LogP contribution in [0.2, 0.25) is 0 Å². The molecule has 2 unspecified atom stereocenters. The molecule has 0 aromatic heterocycles. The summed E-state index contributed by atoms with van der Waals surface area (Å²) in [7, 11) is -3.02. The molecule has 2 atom stereocenters. The SMILES string of the molecule is CC(CS(C)(=O)=O)NC(C)c1ccccc1F. The van der Waals surface area contributed by atoms with E-state index in [4.69, 9.17) is 0 Å². The molecular weight excluding hydrogens is 241 g/mol. The lowest BCUT2D eigenvalue weighted by Crippen LogP contribution is -2.34. The average molecular weight is 259 g/mol. The Bertz CT molecular complexity index is 473. The molecule has 3 nitrogen and oxygen atoms in total. The first kappa shape index (κ1) is 14.1. The van der Waals surface area contributed by atoms with Gasteiger partial charge in [0.2, 0.25) is 0 Å². The Balaban J connectivity index is 2.67. The van der Waals surface area contributed by atoms with Crippen molar-refractivity contribution in [2.45, 2.75) is 25.9 Å². The molecule has 1 N–H and O–H groups in total. The van der Waals surface area contributed by atoms with E-state index in [1.54, 1.807) is 25.1 Å². The second-order valence-electron chi connectivity index (χ2n) is 4.40. The first-order valence-corrected chi connectivity index (χ1v) is 7.54. The third kappa shape index (κ3) is 4.83. The molecule has 17 heavy (non-hydrogen) atoms. The van der Waals surface area contributed by atoms with Gasteiger partial charge in [-0.2, -0.15) is 0 Å². The molecule has 0 aliphatic rings. The van der Waals surface area contributed by atoms with Crippen LogP contribution in [0.3, 0.4) is 0 Å². The molecule has 1 aromatic carbocycles. The minimum atomic E-state index is -3.02. The zero-order valence-electron chi connectivity index (χ0n) is 10.3. The third-order valence-corrected chi connectivity index (χ3v) is 3.56. The first-order chi connectivity index (χ1) is 7.79. The van der Waals surface area contributed by atoms with Crippen molar-refractivity contribution in [2.75, 3.05) is 12.0 Å². The van der Waals surface area contributed by atoms with Crippen molar-refractivity contribution in [2.24, 2.45) is 0 Å². The smallest absolute Gasteiger partial charge is 0.148 e. The topological polar surface area (TPSA) is 46.2 Å². The Morgan fingerprint density at radius 2 is 1.88 bits per heavy atom. The van der Waals surface area contributed by atoms with Crippen LogP contribution in [-0.4, -0.2) is 26.5 Å². The molecule has 5 heteroatoms. The van der Waals surface area contributed by atoms with E-state index in [0.29, 0.717) is 5.56 Å². The quantitative estimate of drug-likeness (QED) is 0.878. The van der Waals surface area contributed by atoms with E-state index >= 15 is 0 Å². The number of hydrogen-bond donors (Lipinski definition) is 1. The fourth-order valence-electron chi connectivity index (χ4n) is 1.85. The average Bonchev–Trinajstić information content (AvgIpc) is 2.14. The van der Waals surface area contributed by atoms with Crippen LogP contribution in [0.5, 0.6) is 0 Å². The molecule has 1 rings (SSSR count). The van der Waals surface area contributed by atoms with Crippen molar-refractivity contribution in [1.82, 2.24) is 5.32 Å².